The minimum Gasteiger partial charge on any atom is -0.457 e. The highest BCUT2D eigenvalue weighted by Crippen LogP contribution is 2.23. The van der Waals surface area contributed by atoms with Crippen molar-refractivity contribution >= 4 is 17.7 Å². The van der Waals surface area contributed by atoms with Crippen LogP contribution in [0.15, 0.2) is 24.3 Å². The van der Waals surface area contributed by atoms with Crippen LogP contribution in [0.4, 0.5) is 10.5 Å². The number of amides is 1. The number of likely N-dealkylation sites (tertiary alicyclic amines) is 1. The third kappa shape index (κ3) is 4.91. The number of nitrogens with zero attached hydrogens (tertiary/aromatic N) is 2. The van der Waals surface area contributed by atoms with Gasteiger partial charge in [0.15, 0.2) is 0 Å². The van der Waals surface area contributed by atoms with Crippen LogP contribution >= 0.6 is 0 Å². The van der Waals surface area contributed by atoms with Crippen molar-refractivity contribution in [2.75, 3.05) is 13.1 Å². The van der Waals surface area contributed by atoms with Gasteiger partial charge in [0.05, 0.1) is 17.0 Å². The molecule has 1 fully saturated rings. The summed E-state index contributed by atoms with van der Waals surface area (Å²) in [6, 6.07) is 5.21. The monoisotopic (exact) mass is 350 g/mol. The molecule has 1 amide bonds. The second-order valence-corrected chi connectivity index (χ2v) is 7.11. The number of rotatable bonds is 3. The molecule has 136 valence electrons. The summed E-state index contributed by atoms with van der Waals surface area (Å²) in [6.45, 7) is 7.95. The van der Waals surface area contributed by atoms with E-state index < -0.39 is 28.7 Å². The Hall–Kier alpha value is -2.64. The van der Waals surface area contributed by atoms with E-state index in [0.717, 1.165) is 0 Å². The number of benzene rings is 1. The molecule has 1 heterocycles. The van der Waals surface area contributed by atoms with Crippen molar-refractivity contribution in [1.29, 1.82) is 0 Å². The van der Waals surface area contributed by atoms with E-state index in [9.17, 15) is 19.7 Å². The maximum atomic E-state index is 12.2. The molecule has 2 unspecified atom stereocenters. The Labute approximate surface area is 145 Å². The lowest BCUT2D eigenvalue weighted by Gasteiger charge is -2.24. The highest BCUT2D eigenvalue weighted by Gasteiger charge is 2.37. The van der Waals surface area contributed by atoms with Gasteiger partial charge >= 0.3 is 12.1 Å². The fourth-order valence-corrected chi connectivity index (χ4v) is 2.49. The predicted octanol–water partition coefficient (Wildman–Crippen LogP) is 3.01. The van der Waals surface area contributed by atoms with Crippen molar-refractivity contribution in [2.45, 2.75) is 39.4 Å². The molecule has 8 nitrogen and oxygen atoms in total. The topological polar surface area (TPSA) is 99.0 Å². The fraction of sp³-hybridized carbons (Fsp3) is 0.529. The summed E-state index contributed by atoms with van der Waals surface area (Å²) in [4.78, 5) is 35.9. The highest BCUT2D eigenvalue weighted by atomic mass is 16.6. The number of carbonyl (C=O) groups is 2. The number of hydrogen-bond acceptors (Lipinski definition) is 6. The van der Waals surface area contributed by atoms with E-state index in [-0.39, 0.29) is 23.7 Å². The zero-order valence-corrected chi connectivity index (χ0v) is 14.7. The van der Waals surface area contributed by atoms with Gasteiger partial charge in [0.25, 0.3) is 5.69 Å². The minimum atomic E-state index is -0.589. The Morgan fingerprint density at radius 3 is 2.32 bits per heavy atom. The molecule has 0 radical (unpaired) electrons. The van der Waals surface area contributed by atoms with Crippen LogP contribution in [-0.2, 0) is 9.47 Å². The molecule has 1 aromatic rings. The Balaban J connectivity index is 1.97. The number of hydrogen-bond donors (Lipinski definition) is 0. The zero-order chi connectivity index (χ0) is 18.8. The molecule has 2 atom stereocenters. The first-order chi connectivity index (χ1) is 11.6. The van der Waals surface area contributed by atoms with E-state index >= 15 is 0 Å². The van der Waals surface area contributed by atoms with E-state index in [2.05, 4.69) is 0 Å². The van der Waals surface area contributed by atoms with Crippen LogP contribution in [0.3, 0.4) is 0 Å². The highest BCUT2D eigenvalue weighted by molar-refractivity contribution is 5.89. The molecular weight excluding hydrogens is 328 g/mol. The van der Waals surface area contributed by atoms with Crippen LogP contribution in [0, 0.1) is 16.0 Å². The van der Waals surface area contributed by atoms with E-state index in [1.165, 1.54) is 29.2 Å². The fourth-order valence-electron chi connectivity index (χ4n) is 2.49. The molecule has 0 aromatic heterocycles. The summed E-state index contributed by atoms with van der Waals surface area (Å²) in [7, 11) is 0. The predicted molar refractivity (Wildman–Crippen MR) is 89.3 cm³/mol. The van der Waals surface area contributed by atoms with Gasteiger partial charge in [0.2, 0.25) is 0 Å². The Morgan fingerprint density at radius 2 is 1.80 bits per heavy atom. The van der Waals surface area contributed by atoms with Crippen molar-refractivity contribution in [2.24, 2.45) is 5.92 Å². The number of nitro benzene ring substituents is 1. The van der Waals surface area contributed by atoms with Gasteiger partial charge in [-0.2, -0.15) is 0 Å². The van der Waals surface area contributed by atoms with Gasteiger partial charge in [-0.15, -0.1) is 0 Å². The Bertz CT molecular complexity index is 665. The molecule has 8 heteroatoms. The first kappa shape index (κ1) is 18.7. The molecule has 0 saturated carbocycles. The molecule has 1 aliphatic rings. The average Bonchev–Trinajstić information content (AvgIpc) is 2.87. The van der Waals surface area contributed by atoms with Crippen molar-refractivity contribution in [1.82, 2.24) is 4.90 Å². The van der Waals surface area contributed by atoms with Crippen LogP contribution in [0.1, 0.15) is 38.1 Å². The molecule has 1 saturated heterocycles. The van der Waals surface area contributed by atoms with Crippen LogP contribution < -0.4 is 0 Å². The maximum Gasteiger partial charge on any atom is 0.410 e. The van der Waals surface area contributed by atoms with Gasteiger partial charge in [0, 0.05) is 24.6 Å². The van der Waals surface area contributed by atoms with E-state index in [4.69, 9.17) is 9.47 Å². The lowest BCUT2D eigenvalue weighted by Crippen LogP contribution is -2.36. The second-order valence-electron chi connectivity index (χ2n) is 7.11. The second kappa shape index (κ2) is 7.08. The molecule has 0 N–H and O–H groups in total. The quantitative estimate of drug-likeness (QED) is 0.472. The molecule has 0 spiro atoms. The molecule has 25 heavy (non-hydrogen) atoms. The van der Waals surface area contributed by atoms with Crippen molar-refractivity contribution in [3.8, 4) is 0 Å². The standard InChI is InChI=1S/C17H22N2O6/c1-11-9-18(16(21)25-17(2,3)4)10-14(11)24-15(20)12-5-7-13(8-6-12)19(22)23/h5-8,11,14H,9-10H2,1-4H3. The minimum absolute atomic E-state index is 0.0329. The summed E-state index contributed by atoms with van der Waals surface area (Å²) in [5.41, 5.74) is -0.455. The first-order valence-corrected chi connectivity index (χ1v) is 8.00. The Kier molecular flexibility index (Phi) is 5.30. The lowest BCUT2D eigenvalue weighted by molar-refractivity contribution is -0.384. The summed E-state index contributed by atoms with van der Waals surface area (Å²) >= 11 is 0. The van der Waals surface area contributed by atoms with Crippen LogP contribution in [0.2, 0.25) is 0 Å². The van der Waals surface area contributed by atoms with E-state index in [1.807, 2.05) is 6.92 Å². The Morgan fingerprint density at radius 1 is 1.20 bits per heavy atom. The molecular formula is C17H22N2O6. The number of nitro groups is 1. The number of non-ortho nitro benzene ring substituents is 1. The summed E-state index contributed by atoms with van der Waals surface area (Å²) < 4.78 is 10.8. The van der Waals surface area contributed by atoms with Crippen molar-refractivity contribution in [3.63, 3.8) is 0 Å². The summed E-state index contributed by atoms with van der Waals surface area (Å²) in [6.07, 6.45) is -0.886. The third-order valence-corrected chi connectivity index (χ3v) is 3.77. The van der Waals surface area contributed by atoms with Gasteiger partial charge in [-0.25, -0.2) is 9.59 Å². The van der Waals surface area contributed by atoms with Gasteiger partial charge < -0.3 is 14.4 Å². The normalized spacial score (nSPS) is 20.2. The summed E-state index contributed by atoms with van der Waals surface area (Å²) in [5, 5.41) is 10.6. The molecule has 0 aliphatic carbocycles. The average molecular weight is 350 g/mol. The zero-order valence-electron chi connectivity index (χ0n) is 14.7. The third-order valence-electron chi connectivity index (χ3n) is 3.77. The molecule has 1 aliphatic heterocycles. The van der Waals surface area contributed by atoms with Gasteiger partial charge in [-0.3, -0.25) is 10.1 Å². The summed E-state index contributed by atoms with van der Waals surface area (Å²) in [5.74, 6) is -0.604. The smallest absolute Gasteiger partial charge is 0.410 e. The van der Waals surface area contributed by atoms with E-state index in [0.29, 0.717) is 6.54 Å². The van der Waals surface area contributed by atoms with Crippen LogP contribution in [0.25, 0.3) is 0 Å². The molecule has 2 rings (SSSR count). The largest absolute Gasteiger partial charge is 0.457 e. The van der Waals surface area contributed by atoms with Crippen LogP contribution in [0.5, 0.6) is 0 Å². The van der Waals surface area contributed by atoms with Gasteiger partial charge in [-0.1, -0.05) is 6.92 Å². The number of ether oxygens (including phenoxy) is 2. The van der Waals surface area contributed by atoms with Crippen molar-refractivity contribution < 1.29 is 24.0 Å². The van der Waals surface area contributed by atoms with E-state index in [1.54, 1.807) is 20.8 Å². The number of esters is 1. The first-order valence-electron chi connectivity index (χ1n) is 8.00. The maximum absolute atomic E-state index is 12.2. The van der Waals surface area contributed by atoms with Gasteiger partial charge in [-0.05, 0) is 32.9 Å². The SMILES string of the molecule is CC1CN(C(=O)OC(C)(C)C)CC1OC(=O)c1ccc([N+](=O)[O-])cc1. The number of carbonyl (C=O) groups excluding carboxylic acids is 2. The molecule has 0 bridgehead atoms. The lowest BCUT2D eigenvalue weighted by atomic mass is 10.1. The van der Waals surface area contributed by atoms with Gasteiger partial charge in [0.1, 0.15) is 11.7 Å². The van der Waals surface area contributed by atoms with Crippen molar-refractivity contribution in [3.05, 3.63) is 39.9 Å². The van der Waals surface area contributed by atoms with Crippen LogP contribution in [-0.4, -0.2) is 46.7 Å². The molecule has 1 aromatic carbocycles.